The number of carboxylic acids is 1. The molecule has 0 bridgehead atoms. The number of benzene rings is 2. The molecule has 0 aliphatic carbocycles. The van der Waals surface area contributed by atoms with Crippen LogP contribution in [0, 0.1) is 0 Å². The summed E-state index contributed by atoms with van der Waals surface area (Å²) in [6.07, 6.45) is -0.122. The Kier molecular flexibility index (Phi) is 4.93. The average Bonchev–Trinajstić information content (AvgIpc) is 2.48. The predicted octanol–water partition coefficient (Wildman–Crippen LogP) is 2.36. The minimum Gasteiger partial charge on any atom is -0.481 e. The lowest BCUT2D eigenvalue weighted by molar-refractivity contribution is -0.136. The van der Waals surface area contributed by atoms with Crippen molar-refractivity contribution in [3.05, 3.63) is 60.2 Å². The summed E-state index contributed by atoms with van der Waals surface area (Å²) in [4.78, 5) is 22.7. The first-order valence-electron chi connectivity index (χ1n) is 6.53. The lowest BCUT2D eigenvalue weighted by Gasteiger charge is -2.10. The lowest BCUT2D eigenvalue weighted by atomic mass is 10.1. The molecule has 0 spiro atoms. The summed E-state index contributed by atoms with van der Waals surface area (Å²) in [6, 6.07) is 16.3. The minimum atomic E-state index is -0.931. The van der Waals surface area contributed by atoms with E-state index in [0.717, 1.165) is 5.69 Å². The van der Waals surface area contributed by atoms with Crippen LogP contribution >= 0.6 is 0 Å². The van der Waals surface area contributed by atoms with Gasteiger partial charge in [-0.25, -0.2) is 0 Å². The Morgan fingerprint density at radius 2 is 1.62 bits per heavy atom. The van der Waals surface area contributed by atoms with Gasteiger partial charge in [-0.1, -0.05) is 36.4 Å². The molecule has 2 rings (SSSR count). The van der Waals surface area contributed by atoms with E-state index in [1.807, 2.05) is 30.3 Å². The van der Waals surface area contributed by atoms with Crippen LogP contribution in [0.5, 0.6) is 0 Å². The van der Waals surface area contributed by atoms with Gasteiger partial charge in [-0.2, -0.15) is 0 Å². The highest BCUT2D eigenvalue weighted by Crippen LogP contribution is 2.15. The Morgan fingerprint density at radius 1 is 0.952 bits per heavy atom. The molecule has 0 saturated heterocycles. The van der Waals surface area contributed by atoms with Crippen LogP contribution in [-0.2, 0) is 16.0 Å². The molecule has 0 radical (unpaired) electrons. The highest BCUT2D eigenvalue weighted by atomic mass is 16.4. The molecule has 2 aromatic carbocycles. The first kappa shape index (κ1) is 14.6. The molecule has 0 saturated carbocycles. The molecule has 0 aliphatic rings. The zero-order valence-corrected chi connectivity index (χ0v) is 11.4. The first-order chi connectivity index (χ1) is 10.1. The van der Waals surface area contributed by atoms with Crippen LogP contribution in [0.2, 0.25) is 0 Å². The van der Waals surface area contributed by atoms with E-state index in [1.165, 1.54) is 0 Å². The fraction of sp³-hybridized carbons (Fsp3) is 0.125. The standard InChI is InChI=1S/C16H16N2O3/c19-15(11-17-13-7-2-1-3-8-13)18-14-9-5-4-6-12(14)10-16(20)21/h1-9,17H,10-11H2,(H,18,19)(H,20,21). The van der Waals surface area contributed by atoms with Crippen molar-refractivity contribution in [2.24, 2.45) is 0 Å². The van der Waals surface area contributed by atoms with E-state index in [-0.39, 0.29) is 18.9 Å². The Labute approximate surface area is 122 Å². The average molecular weight is 284 g/mol. The second-order valence-corrected chi connectivity index (χ2v) is 4.50. The van der Waals surface area contributed by atoms with Crippen molar-refractivity contribution in [2.75, 3.05) is 17.2 Å². The highest BCUT2D eigenvalue weighted by molar-refractivity contribution is 5.95. The Hall–Kier alpha value is -2.82. The summed E-state index contributed by atoms with van der Waals surface area (Å²) in [6.45, 7) is 0.116. The Morgan fingerprint density at radius 3 is 2.33 bits per heavy atom. The molecule has 108 valence electrons. The SMILES string of the molecule is O=C(O)Cc1ccccc1NC(=O)CNc1ccccc1. The molecule has 0 atom stereocenters. The van der Waals surface area contributed by atoms with E-state index >= 15 is 0 Å². The van der Waals surface area contributed by atoms with Gasteiger partial charge in [-0.05, 0) is 23.8 Å². The number of amides is 1. The molecular weight excluding hydrogens is 268 g/mol. The van der Waals surface area contributed by atoms with Gasteiger partial charge in [0.05, 0.1) is 13.0 Å². The van der Waals surface area contributed by atoms with Crippen LogP contribution in [0.1, 0.15) is 5.56 Å². The van der Waals surface area contributed by atoms with Crippen molar-refractivity contribution in [2.45, 2.75) is 6.42 Å². The molecule has 0 aliphatic heterocycles. The largest absolute Gasteiger partial charge is 0.481 e. The second kappa shape index (κ2) is 7.09. The third kappa shape index (κ3) is 4.65. The predicted molar refractivity (Wildman–Crippen MR) is 81.3 cm³/mol. The first-order valence-corrected chi connectivity index (χ1v) is 6.53. The molecule has 3 N–H and O–H groups in total. The summed E-state index contributed by atoms with van der Waals surface area (Å²) in [7, 11) is 0. The Balaban J connectivity index is 1.95. The summed E-state index contributed by atoms with van der Waals surface area (Å²) >= 11 is 0. The normalized spacial score (nSPS) is 9.90. The van der Waals surface area contributed by atoms with E-state index in [0.29, 0.717) is 11.3 Å². The van der Waals surface area contributed by atoms with Gasteiger partial charge in [0.1, 0.15) is 0 Å². The molecule has 0 aromatic heterocycles. The molecule has 21 heavy (non-hydrogen) atoms. The molecule has 1 amide bonds. The number of carboxylic acid groups (broad SMARTS) is 1. The van der Waals surface area contributed by atoms with E-state index in [1.54, 1.807) is 24.3 Å². The summed E-state index contributed by atoms with van der Waals surface area (Å²) in [5, 5.41) is 14.6. The van der Waals surface area contributed by atoms with Crippen LogP contribution in [0.4, 0.5) is 11.4 Å². The van der Waals surface area contributed by atoms with Gasteiger partial charge in [0.2, 0.25) is 5.91 Å². The van der Waals surface area contributed by atoms with Crippen molar-refractivity contribution in [1.29, 1.82) is 0 Å². The number of anilines is 2. The van der Waals surface area contributed by atoms with Gasteiger partial charge in [-0.3, -0.25) is 9.59 Å². The zero-order chi connectivity index (χ0) is 15.1. The summed E-state index contributed by atoms with van der Waals surface area (Å²) < 4.78 is 0. The number of para-hydroxylation sites is 2. The van der Waals surface area contributed by atoms with Crippen LogP contribution in [0.3, 0.4) is 0 Å². The molecule has 2 aromatic rings. The van der Waals surface area contributed by atoms with Crippen molar-refractivity contribution in [3.63, 3.8) is 0 Å². The quantitative estimate of drug-likeness (QED) is 0.761. The van der Waals surface area contributed by atoms with Crippen LogP contribution < -0.4 is 10.6 Å². The highest BCUT2D eigenvalue weighted by Gasteiger charge is 2.09. The number of rotatable bonds is 6. The van der Waals surface area contributed by atoms with Gasteiger partial charge in [-0.15, -0.1) is 0 Å². The van der Waals surface area contributed by atoms with Crippen molar-refractivity contribution < 1.29 is 14.7 Å². The van der Waals surface area contributed by atoms with Crippen molar-refractivity contribution in [1.82, 2.24) is 0 Å². The number of hydrogen-bond acceptors (Lipinski definition) is 3. The third-order valence-corrected chi connectivity index (χ3v) is 2.86. The maximum atomic E-state index is 11.9. The molecule has 0 unspecified atom stereocenters. The topological polar surface area (TPSA) is 78.4 Å². The van der Waals surface area contributed by atoms with Crippen molar-refractivity contribution in [3.8, 4) is 0 Å². The summed E-state index contributed by atoms with van der Waals surface area (Å²) in [5.74, 6) is -1.16. The van der Waals surface area contributed by atoms with E-state index in [9.17, 15) is 9.59 Å². The molecular formula is C16H16N2O3. The molecule has 0 fully saturated rings. The lowest BCUT2D eigenvalue weighted by Crippen LogP contribution is -2.22. The molecule has 5 heteroatoms. The second-order valence-electron chi connectivity index (χ2n) is 4.50. The number of aliphatic carboxylic acids is 1. The number of carbonyl (C=O) groups excluding carboxylic acids is 1. The number of hydrogen-bond donors (Lipinski definition) is 3. The van der Waals surface area contributed by atoms with E-state index < -0.39 is 5.97 Å². The number of nitrogens with one attached hydrogen (secondary N) is 2. The third-order valence-electron chi connectivity index (χ3n) is 2.86. The van der Waals surface area contributed by atoms with Gasteiger partial charge in [0.15, 0.2) is 0 Å². The van der Waals surface area contributed by atoms with Gasteiger partial charge < -0.3 is 15.7 Å². The van der Waals surface area contributed by atoms with Gasteiger partial charge in [0, 0.05) is 11.4 Å². The smallest absolute Gasteiger partial charge is 0.307 e. The Bertz CT molecular complexity index is 626. The van der Waals surface area contributed by atoms with Crippen LogP contribution in [-0.4, -0.2) is 23.5 Å². The van der Waals surface area contributed by atoms with Crippen LogP contribution in [0.15, 0.2) is 54.6 Å². The van der Waals surface area contributed by atoms with E-state index in [2.05, 4.69) is 10.6 Å². The van der Waals surface area contributed by atoms with Gasteiger partial charge >= 0.3 is 5.97 Å². The fourth-order valence-corrected chi connectivity index (χ4v) is 1.89. The molecule has 5 nitrogen and oxygen atoms in total. The monoisotopic (exact) mass is 284 g/mol. The maximum Gasteiger partial charge on any atom is 0.307 e. The van der Waals surface area contributed by atoms with Crippen LogP contribution in [0.25, 0.3) is 0 Å². The zero-order valence-electron chi connectivity index (χ0n) is 11.4. The maximum absolute atomic E-state index is 11.9. The fourth-order valence-electron chi connectivity index (χ4n) is 1.89. The molecule has 0 heterocycles. The summed E-state index contributed by atoms with van der Waals surface area (Å²) in [5.41, 5.74) is 1.96. The number of carbonyl (C=O) groups is 2. The minimum absolute atomic E-state index is 0.116. The van der Waals surface area contributed by atoms with E-state index in [4.69, 9.17) is 5.11 Å². The van der Waals surface area contributed by atoms with Gasteiger partial charge in [0.25, 0.3) is 0 Å². The van der Waals surface area contributed by atoms with Crippen molar-refractivity contribution >= 4 is 23.3 Å².